The van der Waals surface area contributed by atoms with Gasteiger partial charge in [0.15, 0.2) is 0 Å². The Balaban J connectivity index is 2.08. The molecule has 0 aliphatic carbocycles. The molecule has 154 valence electrons. The average Bonchev–Trinajstić information content (AvgIpc) is 2.72. The number of nitrogens with zero attached hydrogens (tertiary/aromatic N) is 1. The first kappa shape index (κ1) is 21.0. The summed E-state index contributed by atoms with van der Waals surface area (Å²) in [5.41, 5.74) is 2.81. The maximum absolute atomic E-state index is 12.8. The fraction of sp³-hybridized carbons (Fsp3) is 0.348. The molecule has 0 amide bonds. The van der Waals surface area contributed by atoms with Crippen LogP contribution in [0.15, 0.2) is 51.7 Å². The lowest BCUT2D eigenvalue weighted by atomic mass is 9.98. The third kappa shape index (κ3) is 4.67. The highest BCUT2D eigenvalue weighted by molar-refractivity contribution is 5.89. The summed E-state index contributed by atoms with van der Waals surface area (Å²) >= 11 is 0. The number of hydrogen-bond donors (Lipinski definition) is 1. The van der Waals surface area contributed by atoms with Crippen molar-refractivity contribution < 1.29 is 19.0 Å². The van der Waals surface area contributed by atoms with Crippen molar-refractivity contribution in [3.63, 3.8) is 0 Å². The molecule has 1 heterocycles. The van der Waals surface area contributed by atoms with Gasteiger partial charge in [0.1, 0.15) is 11.3 Å². The van der Waals surface area contributed by atoms with Crippen LogP contribution in [-0.2, 0) is 16.0 Å². The fourth-order valence-corrected chi connectivity index (χ4v) is 3.49. The van der Waals surface area contributed by atoms with Crippen molar-refractivity contribution in [2.24, 2.45) is 0 Å². The topological polar surface area (TPSA) is 72.1 Å². The van der Waals surface area contributed by atoms with Crippen molar-refractivity contribution >= 4 is 11.0 Å². The van der Waals surface area contributed by atoms with Crippen LogP contribution in [0, 0.1) is 6.92 Å². The van der Waals surface area contributed by atoms with E-state index in [2.05, 4.69) is 4.90 Å². The third-order valence-electron chi connectivity index (χ3n) is 5.08. The number of hydrogen-bond acceptors (Lipinski definition) is 6. The molecule has 3 aromatic rings. The lowest BCUT2D eigenvalue weighted by molar-refractivity contribution is 0.110. The van der Waals surface area contributed by atoms with E-state index >= 15 is 0 Å². The summed E-state index contributed by atoms with van der Waals surface area (Å²) in [6, 6.07) is 12.9. The molecule has 29 heavy (non-hydrogen) atoms. The Labute approximate surface area is 170 Å². The van der Waals surface area contributed by atoms with Gasteiger partial charge in [-0.15, -0.1) is 0 Å². The minimum Gasteiger partial charge on any atom is -0.507 e. The number of phenolic OH excluding ortho intramolecular Hbond substituents is 1. The number of benzene rings is 2. The molecule has 0 bridgehead atoms. The second kappa shape index (κ2) is 9.69. The van der Waals surface area contributed by atoms with Gasteiger partial charge in [0.05, 0.1) is 24.3 Å². The molecule has 0 aliphatic rings. The fourth-order valence-electron chi connectivity index (χ4n) is 3.49. The summed E-state index contributed by atoms with van der Waals surface area (Å²) < 4.78 is 16.1. The average molecular weight is 397 g/mol. The van der Waals surface area contributed by atoms with Crippen molar-refractivity contribution in [2.45, 2.75) is 13.5 Å². The van der Waals surface area contributed by atoms with Crippen molar-refractivity contribution in [1.29, 1.82) is 0 Å². The van der Waals surface area contributed by atoms with Gasteiger partial charge >= 0.3 is 5.63 Å². The number of fused-ring (bicyclic) bond motifs is 1. The molecule has 0 atom stereocenters. The highest BCUT2D eigenvalue weighted by Crippen LogP contribution is 2.33. The van der Waals surface area contributed by atoms with E-state index in [4.69, 9.17) is 13.9 Å². The van der Waals surface area contributed by atoms with E-state index in [0.717, 1.165) is 16.5 Å². The van der Waals surface area contributed by atoms with Gasteiger partial charge in [0.25, 0.3) is 0 Å². The first-order valence-electron chi connectivity index (χ1n) is 9.60. The minimum atomic E-state index is -0.409. The van der Waals surface area contributed by atoms with Gasteiger partial charge in [0, 0.05) is 39.2 Å². The Bertz CT molecular complexity index is 1010. The number of rotatable bonds is 9. The molecule has 0 aliphatic heterocycles. The highest BCUT2D eigenvalue weighted by atomic mass is 16.5. The van der Waals surface area contributed by atoms with E-state index in [9.17, 15) is 9.90 Å². The van der Waals surface area contributed by atoms with Gasteiger partial charge in [-0.05, 0) is 30.2 Å². The molecule has 6 nitrogen and oxygen atoms in total. The number of aryl methyl sites for hydroxylation is 1. The van der Waals surface area contributed by atoms with Crippen molar-refractivity contribution in [3.05, 3.63) is 64.0 Å². The summed E-state index contributed by atoms with van der Waals surface area (Å²) in [6.07, 6.45) is 0. The smallest absolute Gasteiger partial charge is 0.344 e. The molecular weight excluding hydrogens is 370 g/mol. The normalized spacial score (nSPS) is 11.4. The predicted octanol–water partition coefficient (Wildman–Crippen LogP) is 3.57. The molecule has 0 fully saturated rings. The van der Waals surface area contributed by atoms with E-state index in [-0.39, 0.29) is 5.75 Å². The standard InChI is InChI=1S/C23H27NO5/c1-16-18-9-10-20(25)19(15-24(11-13-27-2)12-14-28-3)22(18)29-23(26)21(16)17-7-5-4-6-8-17/h4-10,25H,11-15H2,1-3H3. The summed E-state index contributed by atoms with van der Waals surface area (Å²) in [5.74, 6) is 0.104. The first-order valence-corrected chi connectivity index (χ1v) is 9.60. The summed E-state index contributed by atoms with van der Waals surface area (Å²) in [6.45, 7) is 4.77. The molecule has 0 radical (unpaired) electrons. The van der Waals surface area contributed by atoms with E-state index in [1.54, 1.807) is 26.4 Å². The van der Waals surface area contributed by atoms with E-state index < -0.39 is 5.63 Å². The minimum absolute atomic E-state index is 0.104. The third-order valence-corrected chi connectivity index (χ3v) is 5.08. The van der Waals surface area contributed by atoms with Crippen molar-refractivity contribution in [1.82, 2.24) is 4.90 Å². The van der Waals surface area contributed by atoms with Gasteiger partial charge in [-0.3, -0.25) is 4.90 Å². The van der Waals surface area contributed by atoms with Crippen LogP contribution in [0.3, 0.4) is 0 Å². The van der Waals surface area contributed by atoms with Gasteiger partial charge in [-0.25, -0.2) is 4.79 Å². The molecule has 2 aromatic carbocycles. The lowest BCUT2D eigenvalue weighted by Crippen LogP contribution is -2.30. The number of methoxy groups -OCH3 is 2. The van der Waals surface area contributed by atoms with E-state index in [1.807, 2.05) is 37.3 Å². The largest absolute Gasteiger partial charge is 0.507 e. The summed E-state index contributed by atoms with van der Waals surface area (Å²) in [4.78, 5) is 14.9. The number of phenols is 1. The van der Waals surface area contributed by atoms with Gasteiger partial charge in [-0.1, -0.05) is 30.3 Å². The summed E-state index contributed by atoms with van der Waals surface area (Å²) in [5, 5.41) is 11.3. The Morgan fingerprint density at radius 2 is 1.66 bits per heavy atom. The second-order valence-corrected chi connectivity index (χ2v) is 6.96. The maximum Gasteiger partial charge on any atom is 0.344 e. The first-order chi connectivity index (χ1) is 14.1. The van der Waals surface area contributed by atoms with Gasteiger partial charge < -0.3 is 19.0 Å². The Hall–Kier alpha value is -2.67. The molecular formula is C23H27NO5. The van der Waals surface area contributed by atoms with Crippen LogP contribution in [0.4, 0.5) is 0 Å². The van der Waals surface area contributed by atoms with Crippen LogP contribution in [0.25, 0.3) is 22.1 Å². The zero-order valence-electron chi connectivity index (χ0n) is 17.1. The Morgan fingerprint density at radius 3 is 2.28 bits per heavy atom. The molecule has 0 saturated carbocycles. The highest BCUT2D eigenvalue weighted by Gasteiger charge is 2.19. The quantitative estimate of drug-likeness (QED) is 0.557. The number of aromatic hydroxyl groups is 1. The zero-order chi connectivity index (χ0) is 20.8. The predicted molar refractivity (Wildman–Crippen MR) is 113 cm³/mol. The molecule has 3 rings (SSSR count). The van der Waals surface area contributed by atoms with Crippen LogP contribution in [0.1, 0.15) is 11.1 Å². The zero-order valence-corrected chi connectivity index (χ0v) is 17.1. The summed E-state index contributed by atoms with van der Waals surface area (Å²) in [7, 11) is 3.30. The van der Waals surface area contributed by atoms with Crippen LogP contribution in [0.5, 0.6) is 5.75 Å². The molecule has 0 spiro atoms. The SMILES string of the molecule is COCCN(CCOC)Cc1c(O)ccc2c(C)c(-c3ccccc3)c(=O)oc12. The van der Waals surface area contributed by atoms with Crippen LogP contribution in [0.2, 0.25) is 0 Å². The van der Waals surface area contributed by atoms with Crippen LogP contribution >= 0.6 is 0 Å². The molecule has 0 saturated heterocycles. The van der Waals surface area contributed by atoms with Gasteiger partial charge in [-0.2, -0.15) is 0 Å². The Morgan fingerprint density at radius 1 is 1.00 bits per heavy atom. The van der Waals surface area contributed by atoms with Crippen LogP contribution < -0.4 is 5.63 Å². The molecule has 1 aromatic heterocycles. The number of ether oxygens (including phenoxy) is 2. The molecule has 6 heteroatoms. The monoisotopic (exact) mass is 397 g/mol. The Kier molecular flexibility index (Phi) is 7.04. The van der Waals surface area contributed by atoms with Gasteiger partial charge in [0.2, 0.25) is 0 Å². The van der Waals surface area contributed by atoms with E-state index in [1.165, 1.54) is 0 Å². The van der Waals surface area contributed by atoms with Crippen molar-refractivity contribution in [3.8, 4) is 16.9 Å². The lowest BCUT2D eigenvalue weighted by Gasteiger charge is -2.22. The second-order valence-electron chi connectivity index (χ2n) is 6.96. The molecule has 1 N–H and O–H groups in total. The van der Waals surface area contributed by atoms with E-state index in [0.29, 0.717) is 49.6 Å². The maximum atomic E-state index is 12.8. The van der Waals surface area contributed by atoms with Crippen molar-refractivity contribution in [2.75, 3.05) is 40.5 Å². The molecule has 0 unspecified atom stereocenters. The van der Waals surface area contributed by atoms with Crippen LogP contribution in [-0.4, -0.2) is 50.5 Å².